The summed E-state index contributed by atoms with van der Waals surface area (Å²) >= 11 is 0. The lowest BCUT2D eigenvalue weighted by atomic mass is 10.1. The number of halogens is 6. The van der Waals surface area contributed by atoms with E-state index in [1.54, 1.807) is 0 Å². The number of hydrogen-bond acceptors (Lipinski definition) is 6. The van der Waals surface area contributed by atoms with E-state index in [2.05, 4.69) is 10.3 Å². The van der Waals surface area contributed by atoms with Crippen LogP contribution in [-0.2, 0) is 6.42 Å². The number of nitrogens with one attached hydrogen (secondary N) is 1. The quantitative estimate of drug-likeness (QED) is 0.449. The molecule has 2 fully saturated rings. The minimum Gasteiger partial charge on any atom is -0.481 e. The Morgan fingerprint density at radius 2 is 2.03 bits per heavy atom. The average molecular weight is 538 g/mol. The first kappa shape index (κ1) is 28.6. The lowest BCUT2D eigenvalue weighted by molar-refractivity contribution is -0.130. The van der Waals surface area contributed by atoms with E-state index >= 15 is 0 Å². The number of amides is 1. The molecular formula is C24H29F6N3O4. The molecule has 2 atom stereocenters. The van der Waals surface area contributed by atoms with Crippen molar-refractivity contribution < 1.29 is 45.4 Å². The molecule has 1 aliphatic carbocycles. The number of ether oxygens (including phenoxy) is 1. The highest BCUT2D eigenvalue weighted by atomic mass is 19.4. The van der Waals surface area contributed by atoms with Crippen LogP contribution in [0.1, 0.15) is 55.8 Å². The number of oxazole rings is 1. The van der Waals surface area contributed by atoms with Gasteiger partial charge in [0.1, 0.15) is 12.2 Å². The van der Waals surface area contributed by atoms with Crippen LogP contribution < -0.4 is 15.0 Å². The van der Waals surface area contributed by atoms with E-state index < -0.39 is 53.6 Å². The van der Waals surface area contributed by atoms with Crippen molar-refractivity contribution in [3.63, 3.8) is 0 Å². The van der Waals surface area contributed by atoms with Crippen LogP contribution >= 0.6 is 0 Å². The van der Waals surface area contributed by atoms with E-state index in [0.29, 0.717) is 19.5 Å². The molecule has 206 valence electrons. The summed E-state index contributed by atoms with van der Waals surface area (Å²) in [5, 5.41) is 11.5. The highest BCUT2D eigenvalue weighted by Crippen LogP contribution is 2.38. The second-order valence-electron chi connectivity index (χ2n) is 8.70. The van der Waals surface area contributed by atoms with Gasteiger partial charge in [-0.25, -0.2) is 13.2 Å². The number of anilines is 2. The standard InChI is InChI=1S/C22H23F6N3O4.C2H6/c23-14-8-13(3-4-15(14)34-17-2-1-6-21(17,24)25)29-19(33)18-16(9-22(26,27)28)35-20(30-18)31-7-5-12(10-31)11-32;1-2/h3-4,8,12,17,32H,1-2,5-7,9-11H2,(H,29,33);1-2H3. The molecule has 13 heteroatoms. The van der Waals surface area contributed by atoms with Crippen molar-refractivity contribution in [1.29, 1.82) is 0 Å². The third kappa shape index (κ3) is 7.08. The molecule has 0 spiro atoms. The summed E-state index contributed by atoms with van der Waals surface area (Å²) in [5.41, 5.74) is -0.752. The van der Waals surface area contributed by atoms with Crippen LogP contribution in [0.5, 0.6) is 5.75 Å². The Kier molecular flexibility index (Phi) is 8.98. The number of aliphatic hydroxyl groups excluding tert-OH is 1. The number of alkyl halides is 5. The third-order valence-corrected chi connectivity index (χ3v) is 5.98. The van der Waals surface area contributed by atoms with Crippen LogP contribution in [-0.4, -0.2) is 53.9 Å². The fraction of sp³-hybridized carbons (Fsp3) is 0.583. The van der Waals surface area contributed by atoms with Crippen LogP contribution in [0.4, 0.5) is 38.0 Å². The molecule has 2 aliphatic rings. The van der Waals surface area contributed by atoms with Crippen LogP contribution in [0, 0.1) is 11.7 Å². The Balaban J connectivity index is 0.00000186. The summed E-state index contributed by atoms with van der Waals surface area (Å²) in [6.07, 6.45) is -7.16. The summed E-state index contributed by atoms with van der Waals surface area (Å²) in [6.45, 7) is 4.57. The van der Waals surface area contributed by atoms with Crippen LogP contribution in [0.25, 0.3) is 0 Å². The molecule has 1 aromatic heterocycles. The summed E-state index contributed by atoms with van der Waals surface area (Å²) in [4.78, 5) is 18.2. The van der Waals surface area contributed by atoms with Crippen molar-refractivity contribution >= 4 is 17.6 Å². The first-order valence-corrected chi connectivity index (χ1v) is 12.0. The van der Waals surface area contributed by atoms with E-state index in [4.69, 9.17) is 9.15 Å². The van der Waals surface area contributed by atoms with Gasteiger partial charge in [-0.2, -0.15) is 18.2 Å². The molecule has 2 aromatic rings. The molecule has 1 aromatic carbocycles. The number of aliphatic hydroxyl groups is 1. The predicted octanol–water partition coefficient (Wildman–Crippen LogP) is 5.58. The van der Waals surface area contributed by atoms with Crippen molar-refractivity contribution in [3.8, 4) is 5.75 Å². The van der Waals surface area contributed by atoms with Crippen molar-refractivity contribution in [3.05, 3.63) is 35.5 Å². The molecule has 4 rings (SSSR count). The smallest absolute Gasteiger partial charge is 0.396 e. The van der Waals surface area contributed by atoms with Gasteiger partial charge in [0.05, 0.1) is 0 Å². The molecule has 1 amide bonds. The third-order valence-electron chi connectivity index (χ3n) is 5.98. The second kappa shape index (κ2) is 11.6. The predicted molar refractivity (Wildman–Crippen MR) is 123 cm³/mol. The molecule has 2 unspecified atom stereocenters. The average Bonchev–Trinajstić information content (AvgIpc) is 3.54. The van der Waals surface area contributed by atoms with E-state index in [1.807, 2.05) is 13.8 Å². The van der Waals surface area contributed by atoms with E-state index in [1.165, 1.54) is 11.0 Å². The van der Waals surface area contributed by atoms with E-state index in [-0.39, 0.29) is 43.5 Å². The molecule has 1 aliphatic heterocycles. The molecule has 0 radical (unpaired) electrons. The topological polar surface area (TPSA) is 87.8 Å². The minimum absolute atomic E-state index is 0.0669. The number of hydrogen-bond donors (Lipinski definition) is 2. The number of aromatic nitrogens is 1. The Morgan fingerprint density at radius 3 is 2.59 bits per heavy atom. The molecule has 37 heavy (non-hydrogen) atoms. The van der Waals surface area contributed by atoms with Crippen molar-refractivity contribution in [1.82, 2.24) is 4.98 Å². The molecule has 2 heterocycles. The van der Waals surface area contributed by atoms with Gasteiger partial charge in [-0.05, 0) is 31.4 Å². The second-order valence-corrected chi connectivity index (χ2v) is 8.70. The van der Waals surface area contributed by atoms with Gasteiger partial charge in [0, 0.05) is 43.8 Å². The highest BCUT2D eigenvalue weighted by molar-refractivity contribution is 6.03. The Bertz CT molecular complexity index is 1080. The first-order chi connectivity index (χ1) is 17.4. The monoisotopic (exact) mass is 537 g/mol. The van der Waals surface area contributed by atoms with Gasteiger partial charge in [-0.15, -0.1) is 0 Å². The van der Waals surface area contributed by atoms with Crippen molar-refractivity contribution in [2.45, 2.75) is 64.2 Å². The lowest BCUT2D eigenvalue weighted by Gasteiger charge is -2.21. The molecule has 2 N–H and O–H groups in total. The molecule has 1 saturated heterocycles. The first-order valence-electron chi connectivity index (χ1n) is 12.0. The van der Waals surface area contributed by atoms with Crippen LogP contribution in [0.3, 0.4) is 0 Å². The SMILES string of the molecule is CC.O=C(Nc1ccc(OC2CCCC2(F)F)c(F)c1)c1nc(N2CCC(CO)C2)oc1CC(F)(F)F. The van der Waals surface area contributed by atoms with Gasteiger partial charge >= 0.3 is 6.18 Å². The molecule has 1 saturated carbocycles. The zero-order valence-corrected chi connectivity index (χ0v) is 20.4. The Hall–Kier alpha value is -2.96. The molecular weight excluding hydrogens is 508 g/mol. The lowest BCUT2D eigenvalue weighted by Crippen LogP contribution is -2.32. The van der Waals surface area contributed by atoms with E-state index in [9.17, 15) is 36.2 Å². The van der Waals surface area contributed by atoms with Gasteiger partial charge in [0.25, 0.3) is 17.8 Å². The zero-order chi connectivity index (χ0) is 27.4. The normalized spacial score (nSPS) is 20.9. The maximum atomic E-state index is 14.5. The van der Waals surface area contributed by atoms with Gasteiger partial charge in [-0.1, -0.05) is 13.8 Å². The van der Waals surface area contributed by atoms with Gasteiger partial charge < -0.3 is 24.5 Å². The fourth-order valence-electron chi connectivity index (χ4n) is 4.17. The number of benzene rings is 1. The van der Waals surface area contributed by atoms with Crippen LogP contribution in [0.2, 0.25) is 0 Å². The molecule has 0 bridgehead atoms. The number of nitrogens with zero attached hydrogens (tertiary/aromatic N) is 2. The molecule has 7 nitrogen and oxygen atoms in total. The van der Waals surface area contributed by atoms with Gasteiger partial charge in [0.2, 0.25) is 0 Å². The van der Waals surface area contributed by atoms with Gasteiger partial charge in [0.15, 0.2) is 23.4 Å². The summed E-state index contributed by atoms with van der Waals surface area (Å²) in [7, 11) is 0. The summed E-state index contributed by atoms with van der Waals surface area (Å²) in [6, 6.07) is 2.87. The zero-order valence-electron chi connectivity index (χ0n) is 20.4. The maximum Gasteiger partial charge on any atom is 0.396 e. The number of carbonyl (C=O) groups excluding carboxylic acids is 1. The van der Waals surface area contributed by atoms with Gasteiger partial charge in [-0.3, -0.25) is 4.79 Å². The number of rotatable bonds is 7. The largest absolute Gasteiger partial charge is 0.481 e. The highest BCUT2D eigenvalue weighted by Gasteiger charge is 2.46. The summed E-state index contributed by atoms with van der Waals surface area (Å²) < 4.78 is 91.5. The summed E-state index contributed by atoms with van der Waals surface area (Å²) in [5.74, 6) is -6.39. The van der Waals surface area contributed by atoms with Crippen LogP contribution in [0.15, 0.2) is 22.6 Å². The van der Waals surface area contributed by atoms with Crippen molar-refractivity contribution in [2.75, 3.05) is 29.9 Å². The maximum absolute atomic E-state index is 14.5. The Labute approximate surface area is 209 Å². The van der Waals surface area contributed by atoms with E-state index in [0.717, 1.165) is 12.1 Å². The Morgan fingerprint density at radius 1 is 1.30 bits per heavy atom. The van der Waals surface area contributed by atoms with Crippen molar-refractivity contribution in [2.24, 2.45) is 5.92 Å². The number of carbonyl (C=O) groups is 1. The fourth-order valence-corrected chi connectivity index (χ4v) is 4.17. The minimum atomic E-state index is -4.68.